The lowest BCUT2D eigenvalue weighted by atomic mass is 10.2. The maximum Gasteiger partial charge on any atom is 0.416 e. The Morgan fingerprint density at radius 1 is 1.41 bits per heavy atom. The van der Waals surface area contributed by atoms with Crippen molar-refractivity contribution in [2.45, 2.75) is 6.42 Å². The first-order valence-corrected chi connectivity index (χ1v) is 5.24. The Hall–Kier alpha value is -2.13. The van der Waals surface area contributed by atoms with E-state index in [9.17, 15) is 4.79 Å². The highest BCUT2D eigenvalue weighted by Gasteiger charge is 2.20. The third-order valence-electron chi connectivity index (χ3n) is 2.42. The fourth-order valence-corrected chi connectivity index (χ4v) is 1.40. The van der Waals surface area contributed by atoms with Crippen LogP contribution in [0.2, 0.25) is 0 Å². The molecule has 0 aliphatic rings. The van der Waals surface area contributed by atoms with Gasteiger partial charge in [-0.3, -0.25) is 0 Å². The molecule has 0 amide bonds. The van der Waals surface area contributed by atoms with Crippen molar-refractivity contribution in [3.63, 3.8) is 0 Å². The van der Waals surface area contributed by atoms with E-state index in [1.165, 1.54) is 7.11 Å². The van der Waals surface area contributed by atoms with Gasteiger partial charge >= 0.3 is 11.7 Å². The average molecular weight is 233 g/mol. The van der Waals surface area contributed by atoms with Crippen LogP contribution in [-0.2, 0) is 9.53 Å². The molecule has 5 heteroatoms. The second-order valence-corrected chi connectivity index (χ2v) is 3.55. The molecule has 0 spiro atoms. The number of methoxy groups -OCH3 is 1. The molecule has 1 rings (SSSR count). The van der Waals surface area contributed by atoms with Crippen LogP contribution in [-0.4, -0.2) is 37.2 Å². The number of para-hydroxylation sites is 1. The van der Waals surface area contributed by atoms with Crippen molar-refractivity contribution in [1.29, 1.82) is 0 Å². The van der Waals surface area contributed by atoms with Gasteiger partial charge in [0, 0.05) is 19.3 Å². The number of carbonyl (C=O) groups excluding carboxylic acids is 1. The van der Waals surface area contributed by atoms with Crippen molar-refractivity contribution in [3.8, 4) is 0 Å². The first-order chi connectivity index (χ1) is 8.19. The van der Waals surface area contributed by atoms with Crippen LogP contribution in [0.5, 0.6) is 0 Å². The van der Waals surface area contributed by atoms with Gasteiger partial charge in [-0.1, -0.05) is 18.2 Å². The van der Waals surface area contributed by atoms with Gasteiger partial charge in [0.05, 0.1) is 13.5 Å². The quantitative estimate of drug-likeness (QED) is 0.334. The van der Waals surface area contributed by atoms with Crippen molar-refractivity contribution in [1.82, 2.24) is 0 Å². The van der Waals surface area contributed by atoms with Gasteiger partial charge in [-0.25, -0.2) is 4.79 Å². The molecule has 5 nitrogen and oxygen atoms in total. The van der Waals surface area contributed by atoms with Gasteiger partial charge < -0.3 is 15.2 Å². The molecule has 0 N–H and O–H groups in total. The first-order valence-electron chi connectivity index (χ1n) is 5.24. The van der Waals surface area contributed by atoms with E-state index in [0.29, 0.717) is 13.0 Å². The number of benzene rings is 1. The molecule has 0 saturated heterocycles. The Morgan fingerprint density at radius 2 is 2.06 bits per heavy atom. The number of hydrogen-bond donors (Lipinski definition) is 0. The van der Waals surface area contributed by atoms with Gasteiger partial charge in [0.25, 0.3) is 0 Å². The Bertz CT molecular complexity index is 425. The number of esters is 1. The Balaban J connectivity index is 2.57. The van der Waals surface area contributed by atoms with Crippen molar-refractivity contribution >= 4 is 17.4 Å². The summed E-state index contributed by atoms with van der Waals surface area (Å²) in [5, 5.41) is 0. The lowest BCUT2D eigenvalue weighted by Gasteiger charge is -2.17. The van der Waals surface area contributed by atoms with Gasteiger partial charge in [-0.05, 0) is 12.1 Å². The summed E-state index contributed by atoms with van der Waals surface area (Å²) in [4.78, 5) is 16.1. The predicted octanol–water partition coefficient (Wildman–Crippen LogP) is 1.36. The van der Waals surface area contributed by atoms with Gasteiger partial charge in [0.2, 0.25) is 0 Å². The fraction of sp³-hybridized carbons (Fsp3) is 0.333. The second kappa shape index (κ2) is 6.45. The van der Waals surface area contributed by atoms with Crippen molar-refractivity contribution in [3.05, 3.63) is 35.9 Å². The van der Waals surface area contributed by atoms with E-state index in [-0.39, 0.29) is 5.71 Å². The highest BCUT2D eigenvalue weighted by Crippen LogP contribution is 2.11. The minimum absolute atomic E-state index is 0.0234. The minimum Gasteiger partial charge on any atom is -0.460 e. The zero-order valence-corrected chi connectivity index (χ0v) is 9.96. The molecule has 1 aromatic rings. The summed E-state index contributed by atoms with van der Waals surface area (Å²) >= 11 is 0. The molecule has 0 heterocycles. The highest BCUT2D eigenvalue weighted by molar-refractivity contribution is 6.33. The standard InChI is InChI=1S/C12H15N3O2/c1-15(10-6-4-3-5-7-10)9-8-11(14-13)12(16)17-2/h3-7H,8-9H2,1-2H3. The Kier molecular flexibility index (Phi) is 4.91. The zero-order valence-electron chi connectivity index (χ0n) is 9.96. The highest BCUT2D eigenvalue weighted by atomic mass is 16.5. The largest absolute Gasteiger partial charge is 0.460 e. The molecule has 0 saturated carbocycles. The Morgan fingerprint density at radius 3 is 2.59 bits per heavy atom. The summed E-state index contributed by atoms with van der Waals surface area (Å²) in [5.41, 5.74) is 9.74. The van der Waals surface area contributed by atoms with Crippen LogP contribution in [0.3, 0.4) is 0 Å². The van der Waals surface area contributed by atoms with E-state index in [4.69, 9.17) is 5.53 Å². The SMILES string of the molecule is COC(=O)C(CCN(C)c1ccccc1)=[N+]=[N-]. The summed E-state index contributed by atoms with van der Waals surface area (Å²) in [7, 11) is 3.16. The van der Waals surface area contributed by atoms with Crippen LogP contribution >= 0.6 is 0 Å². The number of hydrogen-bond acceptors (Lipinski definition) is 3. The van der Waals surface area contributed by atoms with Crippen LogP contribution in [0.1, 0.15) is 6.42 Å². The maximum atomic E-state index is 11.2. The summed E-state index contributed by atoms with van der Waals surface area (Å²) < 4.78 is 4.49. The van der Waals surface area contributed by atoms with Crippen molar-refractivity contribution < 1.29 is 14.3 Å². The number of anilines is 1. The molecule has 0 bridgehead atoms. The molecular formula is C12H15N3O2. The van der Waals surface area contributed by atoms with Gasteiger partial charge in [-0.2, -0.15) is 4.79 Å². The van der Waals surface area contributed by atoms with E-state index in [0.717, 1.165) is 5.69 Å². The Labute approximate surface area is 100 Å². The van der Waals surface area contributed by atoms with Crippen LogP contribution in [0.25, 0.3) is 5.53 Å². The number of rotatable bonds is 5. The molecule has 0 aliphatic heterocycles. The smallest absolute Gasteiger partial charge is 0.416 e. The molecular weight excluding hydrogens is 218 g/mol. The number of ether oxygens (including phenoxy) is 1. The lowest BCUT2D eigenvalue weighted by Crippen LogP contribution is -2.25. The zero-order chi connectivity index (χ0) is 12.7. The van der Waals surface area contributed by atoms with Crippen LogP contribution in [0, 0.1) is 0 Å². The third kappa shape index (κ3) is 3.74. The fourth-order valence-electron chi connectivity index (χ4n) is 1.40. The van der Waals surface area contributed by atoms with Crippen molar-refractivity contribution in [2.75, 3.05) is 25.6 Å². The monoisotopic (exact) mass is 233 g/mol. The van der Waals surface area contributed by atoms with Gasteiger partial charge in [0.1, 0.15) is 0 Å². The first kappa shape index (κ1) is 12.9. The molecule has 90 valence electrons. The van der Waals surface area contributed by atoms with E-state index >= 15 is 0 Å². The van der Waals surface area contributed by atoms with Gasteiger partial charge in [-0.15, -0.1) is 0 Å². The molecule has 1 aromatic carbocycles. The normalized spacial score (nSPS) is 9.29. The summed E-state index contributed by atoms with van der Waals surface area (Å²) in [5.74, 6) is -0.603. The summed E-state index contributed by atoms with van der Waals surface area (Å²) in [6, 6.07) is 9.74. The molecule has 0 aromatic heterocycles. The molecule has 0 atom stereocenters. The summed E-state index contributed by atoms with van der Waals surface area (Å²) in [6.45, 7) is 0.568. The second-order valence-electron chi connectivity index (χ2n) is 3.55. The van der Waals surface area contributed by atoms with Crippen LogP contribution in [0.4, 0.5) is 5.69 Å². The summed E-state index contributed by atoms with van der Waals surface area (Å²) in [6.07, 6.45) is 0.328. The maximum absolute atomic E-state index is 11.2. The van der Waals surface area contributed by atoms with Gasteiger partial charge in [0.15, 0.2) is 0 Å². The topological polar surface area (TPSA) is 65.9 Å². The predicted molar refractivity (Wildman–Crippen MR) is 65.0 cm³/mol. The van der Waals surface area contributed by atoms with Crippen LogP contribution < -0.4 is 4.90 Å². The van der Waals surface area contributed by atoms with E-state index in [1.807, 2.05) is 42.3 Å². The third-order valence-corrected chi connectivity index (χ3v) is 2.42. The van der Waals surface area contributed by atoms with Crippen LogP contribution in [0.15, 0.2) is 30.3 Å². The molecule has 0 aliphatic carbocycles. The molecule has 17 heavy (non-hydrogen) atoms. The van der Waals surface area contributed by atoms with E-state index in [1.54, 1.807) is 0 Å². The average Bonchev–Trinajstić information content (AvgIpc) is 2.39. The lowest BCUT2D eigenvalue weighted by molar-refractivity contribution is -0.137. The number of carbonyl (C=O) groups is 1. The van der Waals surface area contributed by atoms with Crippen molar-refractivity contribution in [2.24, 2.45) is 0 Å². The molecule has 0 unspecified atom stereocenters. The minimum atomic E-state index is -0.603. The molecule has 0 radical (unpaired) electrons. The van der Waals surface area contributed by atoms with E-state index in [2.05, 4.69) is 9.53 Å². The molecule has 0 fully saturated rings. The van der Waals surface area contributed by atoms with E-state index < -0.39 is 5.97 Å². The number of nitrogens with zero attached hydrogens (tertiary/aromatic N) is 3.